The lowest BCUT2D eigenvalue weighted by Gasteiger charge is -2.22. The van der Waals surface area contributed by atoms with Crippen molar-refractivity contribution in [3.63, 3.8) is 0 Å². The maximum atomic E-state index is 10.8. The average molecular weight is 579 g/mol. The monoisotopic (exact) mass is 578 g/mol. The highest BCUT2D eigenvalue weighted by atomic mass is 16.6. The zero-order valence-electron chi connectivity index (χ0n) is 28.0. The van der Waals surface area contributed by atoms with Crippen LogP contribution in [-0.2, 0) is 42.9 Å². The van der Waals surface area contributed by atoms with Gasteiger partial charge in [0, 0.05) is 38.5 Å². The average Bonchev–Trinajstić information content (AvgIpc) is 2.94. The Morgan fingerprint density at radius 1 is 0.600 bits per heavy atom. The van der Waals surface area contributed by atoms with Crippen LogP contribution in [0.1, 0.15) is 148 Å². The Kier molecular flexibility index (Phi) is 40.9. The molecule has 0 rings (SSSR count). The van der Waals surface area contributed by atoms with Crippen LogP contribution in [0.3, 0.4) is 0 Å². The first-order valence-corrected chi connectivity index (χ1v) is 14.9. The van der Waals surface area contributed by atoms with Gasteiger partial charge >= 0.3 is 23.9 Å². The second-order valence-corrected chi connectivity index (χ2v) is 8.96. The molecule has 0 saturated carbocycles. The summed E-state index contributed by atoms with van der Waals surface area (Å²) in [7, 11) is 0. The molecule has 0 saturated heterocycles. The third kappa shape index (κ3) is 45.5. The summed E-state index contributed by atoms with van der Waals surface area (Å²) in [5.74, 6) is -0.0938. The van der Waals surface area contributed by atoms with Crippen molar-refractivity contribution in [2.45, 2.75) is 160 Å². The molecule has 0 aromatic carbocycles. The van der Waals surface area contributed by atoms with E-state index in [1.807, 2.05) is 48.5 Å². The van der Waals surface area contributed by atoms with E-state index in [1.54, 1.807) is 41.5 Å². The summed E-state index contributed by atoms with van der Waals surface area (Å²) in [5, 5.41) is 0. The molecule has 1 unspecified atom stereocenters. The lowest BCUT2D eigenvalue weighted by molar-refractivity contribution is -0.156. The summed E-state index contributed by atoms with van der Waals surface area (Å²) < 4.78 is 19.1. The van der Waals surface area contributed by atoms with Gasteiger partial charge in [0.05, 0.1) is 19.3 Å². The van der Waals surface area contributed by atoms with Gasteiger partial charge in [-0.2, -0.15) is 0 Å². The van der Waals surface area contributed by atoms with Crippen molar-refractivity contribution in [1.29, 1.82) is 0 Å². The molecule has 0 fully saturated rings. The van der Waals surface area contributed by atoms with E-state index in [4.69, 9.17) is 9.47 Å². The fourth-order valence-corrected chi connectivity index (χ4v) is 1.83. The first-order valence-electron chi connectivity index (χ1n) is 14.9. The molecule has 9 heteroatoms. The van der Waals surface area contributed by atoms with Gasteiger partial charge in [-0.25, -0.2) is 0 Å². The third-order valence-electron chi connectivity index (χ3n) is 4.84. The molecular formula is C31H62O9. The Morgan fingerprint density at radius 3 is 1.20 bits per heavy atom. The van der Waals surface area contributed by atoms with Crippen LogP contribution in [0.25, 0.3) is 0 Å². The minimum atomic E-state index is -0.285. The van der Waals surface area contributed by atoms with Crippen molar-refractivity contribution in [1.82, 2.24) is 0 Å². The van der Waals surface area contributed by atoms with E-state index in [9.17, 15) is 24.0 Å². The molecule has 0 aromatic rings. The van der Waals surface area contributed by atoms with Crippen LogP contribution in [0.2, 0.25) is 0 Å². The fraction of sp³-hybridized carbons (Fsp3) is 0.839. The number of carbonyl (C=O) groups is 5. The van der Waals surface area contributed by atoms with Crippen LogP contribution in [0, 0.1) is 0 Å². The topological polar surface area (TPSA) is 122 Å². The second kappa shape index (κ2) is 34.6. The molecule has 0 heterocycles. The van der Waals surface area contributed by atoms with E-state index >= 15 is 0 Å². The molecule has 9 nitrogen and oxygen atoms in total. The minimum Gasteiger partial charge on any atom is -0.466 e. The summed E-state index contributed by atoms with van der Waals surface area (Å²) in [6.45, 7) is 25.4. The number of carbonyl (C=O) groups excluding carboxylic acids is 5. The zero-order valence-corrected chi connectivity index (χ0v) is 28.0. The van der Waals surface area contributed by atoms with Crippen LogP contribution in [0.15, 0.2) is 0 Å². The quantitative estimate of drug-likeness (QED) is 0.161. The minimum absolute atomic E-state index is 0.0810. The van der Waals surface area contributed by atoms with E-state index in [1.165, 1.54) is 0 Å². The van der Waals surface area contributed by atoms with Crippen molar-refractivity contribution >= 4 is 29.7 Å². The maximum absolute atomic E-state index is 10.8. The highest BCUT2D eigenvalue weighted by Crippen LogP contribution is 2.13. The van der Waals surface area contributed by atoms with Crippen LogP contribution >= 0.6 is 0 Å². The summed E-state index contributed by atoms with van der Waals surface area (Å²) in [6, 6.07) is 0. The molecule has 0 aromatic heterocycles. The van der Waals surface area contributed by atoms with Crippen LogP contribution in [0.4, 0.5) is 0 Å². The number of hydrogen-bond acceptors (Lipinski definition) is 9. The van der Waals surface area contributed by atoms with Gasteiger partial charge in [-0.3, -0.25) is 24.0 Å². The van der Waals surface area contributed by atoms with E-state index in [0.29, 0.717) is 51.1 Å². The van der Waals surface area contributed by atoms with Gasteiger partial charge in [-0.15, -0.1) is 0 Å². The molecule has 0 radical (unpaired) electrons. The first kappa shape index (κ1) is 47.3. The number of ether oxygens (including phenoxy) is 4. The molecule has 0 bridgehead atoms. The molecule has 0 aliphatic carbocycles. The van der Waals surface area contributed by atoms with E-state index in [2.05, 4.69) is 9.47 Å². The molecule has 40 heavy (non-hydrogen) atoms. The highest BCUT2D eigenvalue weighted by Gasteiger charge is 2.18. The van der Waals surface area contributed by atoms with Crippen LogP contribution < -0.4 is 0 Å². The third-order valence-corrected chi connectivity index (χ3v) is 4.84. The van der Waals surface area contributed by atoms with Gasteiger partial charge < -0.3 is 18.9 Å². The van der Waals surface area contributed by atoms with Gasteiger partial charge in [0.2, 0.25) is 0 Å². The summed E-state index contributed by atoms with van der Waals surface area (Å²) in [6.07, 6.45) is 6.19. The van der Waals surface area contributed by atoms with E-state index < -0.39 is 0 Å². The Morgan fingerprint density at radius 2 is 1.00 bits per heavy atom. The molecule has 0 amide bonds. The summed E-state index contributed by atoms with van der Waals surface area (Å²) in [4.78, 5) is 52.1. The lowest BCUT2D eigenvalue weighted by atomic mass is 10.1. The van der Waals surface area contributed by atoms with Crippen molar-refractivity contribution in [3.05, 3.63) is 0 Å². The van der Waals surface area contributed by atoms with Gasteiger partial charge in [0.25, 0.3) is 0 Å². The van der Waals surface area contributed by atoms with Gasteiger partial charge in [0.1, 0.15) is 11.4 Å². The predicted octanol–water partition coefficient (Wildman–Crippen LogP) is 7.55. The molecule has 0 aliphatic heterocycles. The van der Waals surface area contributed by atoms with Crippen molar-refractivity contribution in [2.75, 3.05) is 13.2 Å². The van der Waals surface area contributed by atoms with Crippen LogP contribution in [0.5, 0.6) is 0 Å². The molecular weight excluding hydrogens is 516 g/mol. The normalized spacial score (nSPS) is 10.1. The van der Waals surface area contributed by atoms with E-state index in [0.717, 1.165) is 25.7 Å². The predicted molar refractivity (Wildman–Crippen MR) is 161 cm³/mol. The van der Waals surface area contributed by atoms with Gasteiger partial charge in [0.15, 0.2) is 0 Å². The molecule has 240 valence electrons. The Labute approximate surface area is 245 Å². The number of esters is 4. The lowest BCUT2D eigenvalue weighted by Crippen LogP contribution is -2.26. The van der Waals surface area contributed by atoms with Gasteiger partial charge in [-0.1, -0.05) is 55.4 Å². The van der Waals surface area contributed by atoms with E-state index in [-0.39, 0.29) is 35.6 Å². The SMILES string of the molecule is CCC(=O)OC(C)(C)CC.CCC(=O)OC(C)CC.CCCC(=O)CC.CCOC(=O)CC.CCOC(=O)CC. The molecule has 0 aliphatic rings. The fourth-order valence-electron chi connectivity index (χ4n) is 1.83. The Hall–Kier alpha value is -2.45. The highest BCUT2D eigenvalue weighted by molar-refractivity contribution is 5.77. The van der Waals surface area contributed by atoms with Gasteiger partial charge in [-0.05, 0) is 53.9 Å². The number of Topliss-reactive ketones (excluding diaryl/α,β-unsaturated/α-hetero) is 1. The smallest absolute Gasteiger partial charge is 0.306 e. The van der Waals surface area contributed by atoms with Crippen LogP contribution in [-0.4, -0.2) is 54.6 Å². The molecule has 0 spiro atoms. The van der Waals surface area contributed by atoms with Crippen molar-refractivity contribution in [3.8, 4) is 0 Å². The molecule has 1 atom stereocenters. The first-order chi connectivity index (χ1) is 18.6. The number of rotatable bonds is 13. The maximum Gasteiger partial charge on any atom is 0.306 e. The second-order valence-electron chi connectivity index (χ2n) is 8.96. The zero-order chi connectivity index (χ0) is 32.6. The van der Waals surface area contributed by atoms with Crippen molar-refractivity contribution in [2.24, 2.45) is 0 Å². The Bertz CT molecular complexity index is 586. The summed E-state index contributed by atoms with van der Waals surface area (Å²) >= 11 is 0. The van der Waals surface area contributed by atoms with Crippen molar-refractivity contribution < 1.29 is 42.9 Å². The number of ketones is 1. The number of hydrogen-bond donors (Lipinski definition) is 0. The Balaban J connectivity index is -0.000000129. The largest absolute Gasteiger partial charge is 0.466 e. The standard InChI is InChI=1S/C8H16O2.C7H14O2.C6H12O.2C5H10O2/c1-5-7(9)10-8(3,4)6-2;1-4-6(3)9-7(8)5-2;1-3-5-6(7)4-2;2*1-3-5(6)7-4-2/h5-6H2,1-4H3;6H,4-5H2,1-3H3;3-5H2,1-2H3;2*3-4H2,1-2H3. The molecule has 0 N–H and O–H groups in total. The summed E-state index contributed by atoms with van der Waals surface area (Å²) in [5.41, 5.74) is -0.285.